The van der Waals surface area contributed by atoms with Crippen LogP contribution >= 0.6 is 0 Å². The van der Waals surface area contributed by atoms with Crippen molar-refractivity contribution >= 4 is 22.8 Å². The number of rotatable bonds is 7. The molecule has 0 atom stereocenters. The Bertz CT molecular complexity index is 867. The Balaban J connectivity index is 1.29. The Morgan fingerprint density at radius 3 is 2.96 bits per heavy atom. The van der Waals surface area contributed by atoms with Crippen LogP contribution in [0, 0.1) is 5.92 Å². The molecule has 0 aliphatic heterocycles. The highest BCUT2D eigenvalue weighted by Crippen LogP contribution is 2.28. The van der Waals surface area contributed by atoms with E-state index in [0.717, 1.165) is 41.3 Å². The first kappa shape index (κ1) is 15.6. The van der Waals surface area contributed by atoms with Crippen LogP contribution in [0.25, 0.3) is 11.0 Å². The third-order valence-corrected chi connectivity index (χ3v) is 4.51. The lowest BCUT2D eigenvalue weighted by atomic mass is 10.1. The fraction of sp³-hybridized carbons (Fsp3) is 0.316. The lowest BCUT2D eigenvalue weighted by molar-refractivity contribution is 0.0954. The Morgan fingerprint density at radius 2 is 2.16 bits per heavy atom. The summed E-state index contributed by atoms with van der Waals surface area (Å²) in [5, 5.41) is 7.35. The van der Waals surface area contributed by atoms with Gasteiger partial charge in [0.2, 0.25) is 0 Å². The van der Waals surface area contributed by atoms with Gasteiger partial charge in [0.15, 0.2) is 0 Å². The first-order valence-electron chi connectivity index (χ1n) is 8.69. The van der Waals surface area contributed by atoms with Crippen LogP contribution in [0.5, 0.6) is 0 Å². The van der Waals surface area contributed by atoms with Crippen LogP contribution in [0.15, 0.2) is 42.9 Å². The summed E-state index contributed by atoms with van der Waals surface area (Å²) in [5.41, 5.74) is 2.61. The van der Waals surface area contributed by atoms with E-state index >= 15 is 0 Å². The van der Waals surface area contributed by atoms with Crippen LogP contribution in [0.1, 0.15) is 28.8 Å². The number of aromatic amines is 1. The molecule has 3 N–H and O–H groups in total. The molecule has 25 heavy (non-hydrogen) atoms. The molecule has 3 aromatic heterocycles. The second-order valence-electron chi connectivity index (χ2n) is 6.48. The number of nitrogens with one attached hydrogen (secondary N) is 3. The number of aromatic nitrogens is 3. The Kier molecular flexibility index (Phi) is 4.33. The summed E-state index contributed by atoms with van der Waals surface area (Å²) in [6.07, 6.45) is 8.71. The van der Waals surface area contributed by atoms with Gasteiger partial charge in [0.1, 0.15) is 11.5 Å². The van der Waals surface area contributed by atoms with E-state index in [0.29, 0.717) is 12.1 Å². The summed E-state index contributed by atoms with van der Waals surface area (Å²) in [6, 6.07) is 7.63. The first-order valence-corrected chi connectivity index (χ1v) is 8.69. The molecule has 1 saturated carbocycles. The van der Waals surface area contributed by atoms with Crippen LogP contribution < -0.4 is 10.6 Å². The van der Waals surface area contributed by atoms with Crippen molar-refractivity contribution in [2.75, 3.05) is 18.4 Å². The van der Waals surface area contributed by atoms with Gasteiger partial charge in [-0.05, 0) is 55.0 Å². The molecule has 3 heterocycles. The highest BCUT2D eigenvalue weighted by atomic mass is 16.1. The monoisotopic (exact) mass is 335 g/mol. The summed E-state index contributed by atoms with van der Waals surface area (Å²) in [6.45, 7) is 1.54. The second kappa shape index (κ2) is 6.93. The summed E-state index contributed by atoms with van der Waals surface area (Å²) in [4.78, 5) is 24.0. The van der Waals surface area contributed by atoms with E-state index in [1.807, 2.05) is 30.5 Å². The van der Waals surface area contributed by atoms with Crippen LogP contribution in [0.2, 0.25) is 0 Å². The molecule has 0 spiro atoms. The van der Waals surface area contributed by atoms with Crippen molar-refractivity contribution in [2.45, 2.75) is 19.3 Å². The topological polar surface area (TPSA) is 82.7 Å². The lowest BCUT2D eigenvalue weighted by Crippen LogP contribution is -2.25. The number of pyridine rings is 2. The maximum absolute atomic E-state index is 12.2. The van der Waals surface area contributed by atoms with E-state index in [-0.39, 0.29) is 5.91 Å². The number of hydrogen-bond acceptors (Lipinski definition) is 4. The number of amides is 1. The van der Waals surface area contributed by atoms with E-state index < -0.39 is 0 Å². The molecule has 1 amide bonds. The van der Waals surface area contributed by atoms with Gasteiger partial charge in [0, 0.05) is 37.1 Å². The van der Waals surface area contributed by atoms with E-state index in [9.17, 15) is 4.79 Å². The zero-order chi connectivity index (χ0) is 17.1. The zero-order valence-electron chi connectivity index (χ0n) is 14.0. The van der Waals surface area contributed by atoms with E-state index in [1.54, 1.807) is 12.4 Å². The lowest BCUT2D eigenvalue weighted by Gasteiger charge is -2.07. The molecule has 3 aromatic rings. The van der Waals surface area contributed by atoms with Crippen molar-refractivity contribution in [2.24, 2.45) is 5.92 Å². The average molecular weight is 335 g/mol. The number of H-pyrrole nitrogens is 1. The van der Waals surface area contributed by atoms with Crippen molar-refractivity contribution in [3.8, 4) is 0 Å². The predicted octanol–water partition coefficient (Wildman–Crippen LogP) is 2.75. The zero-order valence-corrected chi connectivity index (χ0v) is 14.0. The molecule has 0 aromatic carbocycles. The minimum absolute atomic E-state index is 0.0980. The number of fused-ring (bicyclic) bond motifs is 1. The molecule has 6 heteroatoms. The molecule has 0 saturated heterocycles. The molecular formula is C19H21N5O. The Morgan fingerprint density at radius 1 is 1.24 bits per heavy atom. The summed E-state index contributed by atoms with van der Waals surface area (Å²) in [7, 11) is 0. The highest BCUT2D eigenvalue weighted by Gasteiger charge is 2.20. The van der Waals surface area contributed by atoms with Crippen molar-refractivity contribution in [1.29, 1.82) is 0 Å². The fourth-order valence-corrected chi connectivity index (χ4v) is 2.84. The molecule has 128 valence electrons. The van der Waals surface area contributed by atoms with Crippen LogP contribution in [-0.2, 0) is 6.42 Å². The number of hydrogen-bond donors (Lipinski definition) is 3. The smallest absolute Gasteiger partial charge is 0.252 e. The van der Waals surface area contributed by atoms with Gasteiger partial charge in [0.25, 0.3) is 5.91 Å². The van der Waals surface area contributed by atoms with Gasteiger partial charge in [-0.1, -0.05) is 0 Å². The van der Waals surface area contributed by atoms with Gasteiger partial charge in [-0.2, -0.15) is 0 Å². The van der Waals surface area contributed by atoms with Gasteiger partial charge in [-0.15, -0.1) is 0 Å². The summed E-state index contributed by atoms with van der Waals surface area (Å²) in [5.74, 6) is 1.53. The third kappa shape index (κ3) is 3.79. The molecule has 6 nitrogen and oxygen atoms in total. The number of carbonyl (C=O) groups is 1. The number of anilines is 1. The molecule has 0 radical (unpaired) electrons. The van der Waals surface area contributed by atoms with Crippen molar-refractivity contribution in [3.05, 3.63) is 54.0 Å². The first-order chi connectivity index (χ1) is 12.3. The normalized spacial score (nSPS) is 13.8. The minimum atomic E-state index is -0.0980. The second-order valence-corrected chi connectivity index (χ2v) is 6.48. The molecule has 1 aliphatic carbocycles. The van der Waals surface area contributed by atoms with E-state index in [2.05, 4.69) is 25.6 Å². The van der Waals surface area contributed by atoms with E-state index in [4.69, 9.17) is 0 Å². The fourth-order valence-electron chi connectivity index (χ4n) is 2.84. The number of carbonyl (C=O) groups excluding carboxylic acids is 1. The average Bonchev–Trinajstić information content (AvgIpc) is 3.40. The van der Waals surface area contributed by atoms with Crippen molar-refractivity contribution < 1.29 is 4.79 Å². The van der Waals surface area contributed by atoms with E-state index in [1.165, 1.54) is 12.8 Å². The molecular weight excluding hydrogens is 314 g/mol. The largest absolute Gasteiger partial charge is 0.370 e. The molecule has 1 fully saturated rings. The summed E-state index contributed by atoms with van der Waals surface area (Å²) >= 11 is 0. The maximum atomic E-state index is 12.2. The summed E-state index contributed by atoms with van der Waals surface area (Å²) < 4.78 is 0. The third-order valence-electron chi connectivity index (χ3n) is 4.51. The predicted molar refractivity (Wildman–Crippen MR) is 97.6 cm³/mol. The highest BCUT2D eigenvalue weighted by molar-refractivity contribution is 5.94. The molecule has 0 bridgehead atoms. The Hall–Kier alpha value is -2.89. The van der Waals surface area contributed by atoms with Crippen LogP contribution in [0.4, 0.5) is 5.82 Å². The van der Waals surface area contributed by atoms with Gasteiger partial charge >= 0.3 is 0 Å². The Labute approximate surface area is 146 Å². The van der Waals surface area contributed by atoms with Gasteiger partial charge < -0.3 is 15.6 Å². The van der Waals surface area contributed by atoms with Crippen molar-refractivity contribution in [3.63, 3.8) is 0 Å². The van der Waals surface area contributed by atoms with Crippen LogP contribution in [0.3, 0.4) is 0 Å². The van der Waals surface area contributed by atoms with Gasteiger partial charge in [-0.3, -0.25) is 4.79 Å². The maximum Gasteiger partial charge on any atom is 0.252 e. The SMILES string of the molecule is O=C(NCCc1c[nH]c2ncccc12)c1ccc(NCC2CC2)nc1. The number of nitrogens with zero attached hydrogens (tertiary/aromatic N) is 2. The molecule has 0 unspecified atom stereocenters. The van der Waals surface area contributed by atoms with Crippen molar-refractivity contribution in [1.82, 2.24) is 20.3 Å². The minimum Gasteiger partial charge on any atom is -0.370 e. The quantitative estimate of drug-likeness (QED) is 0.620. The van der Waals surface area contributed by atoms with Gasteiger partial charge in [-0.25, -0.2) is 9.97 Å². The molecule has 4 rings (SSSR count). The standard InChI is InChI=1S/C19H21N5O/c25-19(15-5-6-17(23-12-15)22-10-13-3-4-13)21-9-7-14-11-24-18-16(14)2-1-8-20-18/h1-2,5-6,8,11-13H,3-4,7,9-10H2,(H,20,24)(H,21,25)(H,22,23). The molecule has 1 aliphatic rings. The van der Waals surface area contributed by atoms with Crippen LogP contribution in [-0.4, -0.2) is 33.9 Å². The van der Waals surface area contributed by atoms with Gasteiger partial charge in [0.05, 0.1) is 5.56 Å².